The first-order valence-corrected chi connectivity index (χ1v) is 8.84. The average molecular weight is 342 g/mol. The normalized spacial score (nSPS) is 18.2. The van der Waals surface area contributed by atoms with Gasteiger partial charge in [-0.15, -0.1) is 0 Å². The molecule has 1 fully saturated rings. The van der Waals surface area contributed by atoms with Crippen molar-refractivity contribution in [3.05, 3.63) is 42.6 Å². The molecule has 0 unspecified atom stereocenters. The Bertz CT molecular complexity index is 643. The average Bonchev–Trinajstić information content (AvgIpc) is 3.19. The summed E-state index contributed by atoms with van der Waals surface area (Å²) in [5, 5.41) is 6.76. The summed E-state index contributed by atoms with van der Waals surface area (Å²) in [6.07, 6.45) is 8.52. The zero-order valence-corrected chi connectivity index (χ0v) is 14.7. The molecule has 1 saturated heterocycles. The van der Waals surface area contributed by atoms with Gasteiger partial charge in [-0.25, -0.2) is 9.97 Å². The summed E-state index contributed by atoms with van der Waals surface area (Å²) in [6, 6.07) is 5.75. The number of hydrogen-bond donors (Lipinski definition) is 2. The van der Waals surface area contributed by atoms with Gasteiger partial charge in [-0.1, -0.05) is 0 Å². The van der Waals surface area contributed by atoms with Crippen LogP contribution in [-0.2, 0) is 6.42 Å². The number of hydrogen-bond acceptors (Lipinski definition) is 5. The Morgan fingerprint density at radius 1 is 1.32 bits per heavy atom. The van der Waals surface area contributed by atoms with E-state index in [0.717, 1.165) is 56.7 Å². The summed E-state index contributed by atoms with van der Waals surface area (Å²) in [7, 11) is 1.80. The summed E-state index contributed by atoms with van der Waals surface area (Å²) >= 11 is 0. The predicted octanol–water partition coefficient (Wildman–Crippen LogP) is 1.69. The molecule has 3 heterocycles. The lowest BCUT2D eigenvalue weighted by Gasteiger charge is -2.33. The lowest BCUT2D eigenvalue weighted by molar-refractivity contribution is 0.406. The van der Waals surface area contributed by atoms with E-state index in [1.807, 2.05) is 18.2 Å². The molecular formula is C18H26N6O. The third-order valence-corrected chi connectivity index (χ3v) is 4.38. The summed E-state index contributed by atoms with van der Waals surface area (Å²) in [4.78, 5) is 15.3. The van der Waals surface area contributed by atoms with Gasteiger partial charge in [0.2, 0.25) is 5.95 Å². The van der Waals surface area contributed by atoms with Crippen molar-refractivity contribution in [2.45, 2.75) is 19.3 Å². The highest BCUT2D eigenvalue weighted by Gasteiger charge is 2.21. The van der Waals surface area contributed by atoms with Gasteiger partial charge in [0.1, 0.15) is 5.76 Å². The van der Waals surface area contributed by atoms with Crippen LogP contribution in [0, 0.1) is 5.92 Å². The Balaban J connectivity index is 1.42. The molecule has 0 saturated carbocycles. The van der Waals surface area contributed by atoms with E-state index in [-0.39, 0.29) is 0 Å². The van der Waals surface area contributed by atoms with Gasteiger partial charge in [-0.3, -0.25) is 4.99 Å². The number of guanidine groups is 1. The Morgan fingerprint density at radius 2 is 2.20 bits per heavy atom. The fraction of sp³-hybridized carbons (Fsp3) is 0.500. The quantitative estimate of drug-likeness (QED) is 0.614. The number of aromatic nitrogens is 2. The van der Waals surface area contributed by atoms with E-state index in [0.29, 0.717) is 5.92 Å². The molecule has 0 spiro atoms. The maximum absolute atomic E-state index is 5.34. The summed E-state index contributed by atoms with van der Waals surface area (Å²) < 4.78 is 5.34. The highest BCUT2D eigenvalue weighted by molar-refractivity contribution is 5.79. The summed E-state index contributed by atoms with van der Waals surface area (Å²) in [5.41, 5.74) is 0. The Morgan fingerprint density at radius 3 is 2.96 bits per heavy atom. The van der Waals surface area contributed by atoms with Gasteiger partial charge in [0.25, 0.3) is 0 Å². The standard InChI is InChI=1S/C18H26N6O/c1-19-17(20-10-7-16-6-3-12-25-16)23-13-15-5-2-11-24(14-15)18-21-8-4-9-22-18/h3-4,6,8-9,12,15H,2,5,7,10-11,13-14H2,1H3,(H2,19,20,23)/t15-/m0/s1. The topological polar surface area (TPSA) is 78.6 Å². The van der Waals surface area contributed by atoms with Crippen LogP contribution in [0.4, 0.5) is 5.95 Å². The van der Waals surface area contributed by atoms with Crippen LogP contribution in [0.15, 0.2) is 46.3 Å². The van der Waals surface area contributed by atoms with Crippen LogP contribution < -0.4 is 15.5 Å². The minimum Gasteiger partial charge on any atom is -0.469 e. The van der Waals surface area contributed by atoms with Crippen LogP contribution in [0.2, 0.25) is 0 Å². The summed E-state index contributed by atoms with van der Waals surface area (Å²) in [5.74, 6) is 3.20. The van der Waals surface area contributed by atoms with Gasteiger partial charge in [-0.2, -0.15) is 0 Å². The molecule has 3 rings (SSSR count). The largest absolute Gasteiger partial charge is 0.469 e. The van der Waals surface area contributed by atoms with E-state index in [2.05, 4.69) is 30.5 Å². The van der Waals surface area contributed by atoms with Gasteiger partial charge < -0.3 is 20.0 Å². The molecule has 7 nitrogen and oxygen atoms in total. The van der Waals surface area contributed by atoms with Gasteiger partial charge in [0.05, 0.1) is 6.26 Å². The Labute approximate surface area is 148 Å². The molecule has 25 heavy (non-hydrogen) atoms. The Kier molecular flexibility index (Phi) is 6.25. The highest BCUT2D eigenvalue weighted by atomic mass is 16.3. The molecule has 0 aliphatic carbocycles. The number of piperidine rings is 1. The molecular weight excluding hydrogens is 316 g/mol. The fourth-order valence-corrected chi connectivity index (χ4v) is 3.09. The van der Waals surface area contributed by atoms with Crippen molar-refractivity contribution in [3.63, 3.8) is 0 Å². The van der Waals surface area contributed by atoms with E-state index < -0.39 is 0 Å². The van der Waals surface area contributed by atoms with Crippen molar-refractivity contribution in [2.75, 3.05) is 38.1 Å². The number of furan rings is 1. The molecule has 0 radical (unpaired) electrons. The number of rotatable bonds is 6. The van der Waals surface area contributed by atoms with Gasteiger partial charge in [0, 0.05) is 52.0 Å². The van der Waals surface area contributed by atoms with Crippen molar-refractivity contribution in [2.24, 2.45) is 10.9 Å². The smallest absolute Gasteiger partial charge is 0.225 e. The third-order valence-electron chi connectivity index (χ3n) is 4.38. The fourth-order valence-electron chi connectivity index (χ4n) is 3.09. The van der Waals surface area contributed by atoms with Gasteiger partial charge >= 0.3 is 0 Å². The van der Waals surface area contributed by atoms with Crippen molar-refractivity contribution >= 4 is 11.9 Å². The zero-order valence-electron chi connectivity index (χ0n) is 14.7. The molecule has 1 aliphatic heterocycles. The second-order valence-electron chi connectivity index (χ2n) is 6.21. The molecule has 1 aliphatic rings. The predicted molar refractivity (Wildman–Crippen MR) is 98.7 cm³/mol. The van der Waals surface area contributed by atoms with Crippen molar-refractivity contribution < 1.29 is 4.42 Å². The molecule has 134 valence electrons. The van der Waals surface area contributed by atoms with Gasteiger partial charge in [-0.05, 0) is 37.0 Å². The monoisotopic (exact) mass is 342 g/mol. The number of anilines is 1. The molecule has 2 aromatic heterocycles. The minimum atomic E-state index is 0.557. The van der Waals surface area contributed by atoms with E-state index in [1.54, 1.807) is 25.7 Å². The Hall–Kier alpha value is -2.57. The van der Waals surface area contributed by atoms with Crippen LogP contribution in [0.3, 0.4) is 0 Å². The maximum Gasteiger partial charge on any atom is 0.225 e. The number of aliphatic imine (C=N–C) groups is 1. The lowest BCUT2D eigenvalue weighted by Crippen LogP contribution is -2.45. The van der Waals surface area contributed by atoms with Crippen molar-refractivity contribution in [3.8, 4) is 0 Å². The molecule has 2 aromatic rings. The highest BCUT2D eigenvalue weighted by Crippen LogP contribution is 2.19. The molecule has 0 aromatic carbocycles. The van der Waals surface area contributed by atoms with Crippen LogP contribution in [0.25, 0.3) is 0 Å². The van der Waals surface area contributed by atoms with E-state index in [1.165, 1.54) is 6.42 Å². The minimum absolute atomic E-state index is 0.557. The van der Waals surface area contributed by atoms with Crippen molar-refractivity contribution in [1.82, 2.24) is 20.6 Å². The van der Waals surface area contributed by atoms with Gasteiger partial charge in [0.15, 0.2) is 5.96 Å². The number of nitrogens with zero attached hydrogens (tertiary/aromatic N) is 4. The van der Waals surface area contributed by atoms with Crippen LogP contribution in [-0.4, -0.2) is 49.2 Å². The molecule has 0 amide bonds. The second kappa shape index (κ2) is 9.05. The SMILES string of the molecule is CN=C(NCCc1ccco1)NC[C@@H]1CCCN(c2ncccn2)C1. The number of nitrogens with one attached hydrogen (secondary N) is 2. The van der Waals surface area contributed by atoms with E-state index in [9.17, 15) is 0 Å². The van der Waals surface area contributed by atoms with Crippen molar-refractivity contribution in [1.29, 1.82) is 0 Å². The van der Waals surface area contributed by atoms with Crippen LogP contribution in [0.5, 0.6) is 0 Å². The molecule has 7 heteroatoms. The zero-order chi connectivity index (χ0) is 17.3. The van der Waals surface area contributed by atoms with E-state index >= 15 is 0 Å². The maximum atomic E-state index is 5.34. The van der Waals surface area contributed by atoms with Crippen LogP contribution >= 0.6 is 0 Å². The molecule has 0 bridgehead atoms. The molecule has 1 atom stereocenters. The van der Waals surface area contributed by atoms with Crippen LogP contribution in [0.1, 0.15) is 18.6 Å². The first kappa shape index (κ1) is 17.3. The first-order chi connectivity index (χ1) is 12.3. The molecule has 2 N–H and O–H groups in total. The second-order valence-corrected chi connectivity index (χ2v) is 6.21. The first-order valence-electron chi connectivity index (χ1n) is 8.84. The third kappa shape index (κ3) is 5.20. The summed E-state index contributed by atoms with van der Waals surface area (Å²) in [6.45, 7) is 3.68. The van der Waals surface area contributed by atoms with E-state index in [4.69, 9.17) is 4.42 Å². The lowest BCUT2D eigenvalue weighted by atomic mass is 9.98.